The average molecular weight is 544 g/mol. The molecule has 1 amide bonds. The Morgan fingerprint density at radius 2 is 1.55 bits per heavy atom. The van der Waals surface area contributed by atoms with E-state index in [0.29, 0.717) is 12.3 Å². The second kappa shape index (κ2) is 14.4. The van der Waals surface area contributed by atoms with Crippen LogP contribution in [0, 0.1) is 20.8 Å². The number of ether oxygens (including phenoxy) is 1. The molecule has 4 heteroatoms. The number of aromatic hydroxyl groups is 1. The highest BCUT2D eigenvalue weighted by Gasteiger charge is 2.33. The lowest BCUT2D eigenvalue weighted by Crippen LogP contribution is -2.37. The third-order valence-electron chi connectivity index (χ3n) is 8.43. The smallest absolute Gasteiger partial charge is 0.246 e. The van der Waals surface area contributed by atoms with Crippen molar-refractivity contribution in [3.05, 3.63) is 93.1 Å². The number of hydrogen-bond donors (Lipinski definition) is 2. The molecule has 0 aromatic heterocycles. The minimum Gasteiger partial charge on any atom is -0.507 e. The Morgan fingerprint density at radius 1 is 0.925 bits per heavy atom. The summed E-state index contributed by atoms with van der Waals surface area (Å²) in [4.78, 5) is 12.3. The second-order valence-electron chi connectivity index (χ2n) is 11.9. The van der Waals surface area contributed by atoms with E-state index >= 15 is 0 Å². The van der Waals surface area contributed by atoms with Gasteiger partial charge in [0, 0.05) is 17.7 Å². The number of rotatable bonds is 12. The van der Waals surface area contributed by atoms with E-state index in [-0.39, 0.29) is 11.5 Å². The molecule has 0 saturated carbocycles. The van der Waals surface area contributed by atoms with Crippen LogP contribution in [0.1, 0.15) is 100 Å². The Hall–Kier alpha value is -3.27. The fraction of sp³-hybridized carbons (Fsp3) is 0.472. The Balaban J connectivity index is 1.39. The molecule has 216 valence electrons. The lowest BCUT2D eigenvalue weighted by atomic mass is 9.85. The van der Waals surface area contributed by atoms with Crippen molar-refractivity contribution in [2.75, 3.05) is 0 Å². The Kier molecular flexibility index (Phi) is 11.2. The van der Waals surface area contributed by atoms with E-state index in [4.69, 9.17) is 4.74 Å². The van der Waals surface area contributed by atoms with Crippen molar-refractivity contribution in [3.63, 3.8) is 0 Å². The highest BCUT2D eigenvalue weighted by atomic mass is 16.5. The maximum absolute atomic E-state index is 12.3. The molecular weight excluding hydrogens is 494 g/mol. The zero-order chi connectivity index (χ0) is 29.3. The van der Waals surface area contributed by atoms with E-state index < -0.39 is 0 Å². The molecule has 40 heavy (non-hydrogen) atoms. The van der Waals surface area contributed by atoms with E-state index in [1.165, 1.54) is 16.7 Å². The summed E-state index contributed by atoms with van der Waals surface area (Å²) in [6.45, 7) is 15.1. The molecule has 1 atom stereocenters. The van der Waals surface area contributed by atoms with Crippen LogP contribution in [-0.2, 0) is 17.8 Å². The summed E-state index contributed by atoms with van der Waals surface area (Å²) in [7, 11) is 0. The first kappa shape index (κ1) is 31.3. The van der Waals surface area contributed by atoms with Crippen LogP contribution < -0.4 is 10.1 Å². The molecule has 0 bridgehead atoms. The molecule has 0 fully saturated rings. The third kappa shape index (κ3) is 8.61. The van der Waals surface area contributed by atoms with E-state index in [0.717, 1.165) is 84.9 Å². The van der Waals surface area contributed by atoms with Gasteiger partial charge in [-0.1, -0.05) is 59.7 Å². The lowest BCUT2D eigenvalue weighted by molar-refractivity contribution is -0.117. The number of amides is 1. The van der Waals surface area contributed by atoms with Crippen LogP contribution in [0.25, 0.3) is 0 Å². The van der Waals surface area contributed by atoms with Crippen molar-refractivity contribution in [1.82, 2.24) is 5.32 Å². The molecule has 4 nitrogen and oxygen atoms in total. The first-order chi connectivity index (χ1) is 19.0. The van der Waals surface area contributed by atoms with Gasteiger partial charge in [-0.05, 0) is 122 Å². The molecule has 0 spiro atoms. The summed E-state index contributed by atoms with van der Waals surface area (Å²) in [6, 6.07) is 9.99. The standard InChI is InChI=1S/C36H49NO3/c1-25(16-12-18-27(3)35(39)37-24-31-19-9-8-10-20-31)14-11-15-26(2)17-13-22-36(7)23-21-32-30(6)33(38)28(4)29(5)34(32)40-36/h8-10,14,17-20,38H,11-13,15-16,21-24H2,1-7H3,(H,37,39)/b25-14+,26-17+,27-18+/t36-/m1/s1. The average Bonchev–Trinajstić information content (AvgIpc) is 2.94. The van der Waals surface area contributed by atoms with Crippen LogP contribution in [0.15, 0.2) is 65.3 Å². The largest absolute Gasteiger partial charge is 0.507 e. The number of carbonyl (C=O) groups is 1. The fourth-order valence-electron chi connectivity index (χ4n) is 5.37. The predicted octanol–water partition coefficient (Wildman–Crippen LogP) is 8.90. The number of benzene rings is 2. The number of phenols is 1. The topological polar surface area (TPSA) is 58.6 Å². The summed E-state index contributed by atoms with van der Waals surface area (Å²) in [5, 5.41) is 13.4. The van der Waals surface area contributed by atoms with Crippen molar-refractivity contribution in [1.29, 1.82) is 0 Å². The summed E-state index contributed by atoms with van der Waals surface area (Å²) >= 11 is 0. The number of carbonyl (C=O) groups excluding carboxylic acids is 1. The molecule has 1 heterocycles. The number of nitrogens with one attached hydrogen (secondary N) is 1. The summed E-state index contributed by atoms with van der Waals surface area (Å²) in [5.74, 6) is 1.41. The summed E-state index contributed by atoms with van der Waals surface area (Å²) < 4.78 is 6.58. The van der Waals surface area contributed by atoms with Crippen LogP contribution >= 0.6 is 0 Å². The highest BCUT2D eigenvalue weighted by Crippen LogP contribution is 2.44. The molecule has 2 aromatic carbocycles. The molecule has 0 radical (unpaired) electrons. The molecule has 0 unspecified atom stereocenters. The van der Waals surface area contributed by atoms with Gasteiger partial charge in [-0.2, -0.15) is 0 Å². The van der Waals surface area contributed by atoms with Crippen LogP contribution in [0.3, 0.4) is 0 Å². The van der Waals surface area contributed by atoms with Gasteiger partial charge in [-0.25, -0.2) is 0 Å². The van der Waals surface area contributed by atoms with E-state index in [1.807, 2.05) is 57.2 Å². The molecule has 2 N–H and O–H groups in total. The Bertz CT molecular complexity index is 1270. The van der Waals surface area contributed by atoms with Crippen molar-refractivity contribution in [3.8, 4) is 11.5 Å². The molecule has 1 aliphatic rings. The number of phenolic OH excluding ortho intramolecular Hbond substituents is 1. The van der Waals surface area contributed by atoms with E-state index in [1.54, 1.807) is 0 Å². The first-order valence-electron chi connectivity index (χ1n) is 14.8. The number of fused-ring (bicyclic) bond motifs is 1. The van der Waals surface area contributed by atoms with Gasteiger partial charge in [0.25, 0.3) is 0 Å². The van der Waals surface area contributed by atoms with Gasteiger partial charge < -0.3 is 15.2 Å². The summed E-state index contributed by atoms with van der Waals surface area (Å²) in [6.07, 6.45) is 14.6. The lowest BCUT2D eigenvalue weighted by Gasteiger charge is -2.38. The van der Waals surface area contributed by atoms with Gasteiger partial charge >= 0.3 is 0 Å². The maximum atomic E-state index is 12.3. The zero-order valence-corrected chi connectivity index (χ0v) is 25.7. The Morgan fingerprint density at radius 3 is 2.23 bits per heavy atom. The summed E-state index contributed by atoms with van der Waals surface area (Å²) in [5.41, 5.74) is 8.63. The molecule has 2 aromatic rings. The second-order valence-corrected chi connectivity index (χ2v) is 11.9. The van der Waals surface area contributed by atoms with Gasteiger partial charge in [0.2, 0.25) is 5.91 Å². The first-order valence-corrected chi connectivity index (χ1v) is 14.8. The molecule has 3 rings (SSSR count). The van der Waals surface area contributed by atoms with Gasteiger partial charge in [0.05, 0.1) is 0 Å². The Labute approximate surface area is 242 Å². The minimum atomic E-state index is -0.176. The van der Waals surface area contributed by atoms with E-state index in [9.17, 15) is 9.90 Å². The van der Waals surface area contributed by atoms with Crippen molar-refractivity contribution in [2.24, 2.45) is 0 Å². The normalized spacial score (nSPS) is 17.8. The van der Waals surface area contributed by atoms with Gasteiger partial charge in [-0.15, -0.1) is 0 Å². The monoisotopic (exact) mass is 543 g/mol. The van der Waals surface area contributed by atoms with Crippen molar-refractivity contribution < 1.29 is 14.6 Å². The molecule has 0 aliphatic carbocycles. The van der Waals surface area contributed by atoms with Gasteiger partial charge in [0.15, 0.2) is 0 Å². The highest BCUT2D eigenvalue weighted by molar-refractivity contribution is 5.92. The van der Waals surface area contributed by atoms with Crippen LogP contribution in [0.2, 0.25) is 0 Å². The third-order valence-corrected chi connectivity index (χ3v) is 8.43. The number of hydrogen-bond acceptors (Lipinski definition) is 3. The SMILES string of the molecule is C/C(=C\CC/C(C)=C/CC[C@]1(C)CCc2c(C)c(O)c(C)c(C)c2O1)CC/C=C(\C)C(=O)NCc1ccccc1. The quantitative estimate of drug-likeness (QED) is 0.208. The number of allylic oxidation sites excluding steroid dienone is 5. The minimum absolute atomic E-state index is 0.00241. The maximum Gasteiger partial charge on any atom is 0.246 e. The van der Waals surface area contributed by atoms with Crippen LogP contribution in [-0.4, -0.2) is 16.6 Å². The van der Waals surface area contributed by atoms with Gasteiger partial charge in [0.1, 0.15) is 17.1 Å². The van der Waals surface area contributed by atoms with Crippen molar-refractivity contribution >= 4 is 5.91 Å². The van der Waals surface area contributed by atoms with Gasteiger partial charge in [-0.3, -0.25) is 4.79 Å². The zero-order valence-electron chi connectivity index (χ0n) is 25.7. The molecule has 1 aliphatic heterocycles. The van der Waals surface area contributed by atoms with E-state index in [2.05, 4.69) is 45.2 Å². The molecule has 0 saturated heterocycles. The van der Waals surface area contributed by atoms with Crippen LogP contribution in [0.5, 0.6) is 11.5 Å². The van der Waals surface area contributed by atoms with Crippen LogP contribution in [0.4, 0.5) is 0 Å². The fourth-order valence-corrected chi connectivity index (χ4v) is 5.37. The van der Waals surface area contributed by atoms with Crippen molar-refractivity contribution in [2.45, 2.75) is 112 Å². The molecular formula is C36H49NO3. The predicted molar refractivity (Wildman–Crippen MR) is 167 cm³/mol.